The third kappa shape index (κ3) is 10.2. The van der Waals surface area contributed by atoms with Crippen molar-refractivity contribution >= 4 is 14.3 Å². The van der Waals surface area contributed by atoms with Crippen molar-refractivity contribution in [2.24, 2.45) is 0 Å². The van der Waals surface area contributed by atoms with E-state index in [4.69, 9.17) is 0 Å². The fourth-order valence-corrected chi connectivity index (χ4v) is 32.4. The quantitative estimate of drug-likeness (QED) is 0.0697. The zero-order valence-corrected chi connectivity index (χ0v) is 74.3. The molecular formula is C104H142GeO. The number of hydrogen-bond donors (Lipinski definition) is 0. The van der Waals surface area contributed by atoms with Crippen LogP contribution in [-0.2, 0) is 88.1 Å². The van der Waals surface area contributed by atoms with Crippen LogP contribution >= 0.6 is 0 Å². The summed E-state index contributed by atoms with van der Waals surface area (Å²) in [6.45, 7) is 67.2. The molecule has 0 fully saturated rings. The molecule has 0 aliphatic heterocycles. The summed E-state index contributed by atoms with van der Waals surface area (Å²) in [6, 6.07) is 35.0. The van der Waals surface area contributed by atoms with E-state index >= 15 is 3.78 Å². The molecule has 4 bridgehead atoms. The number of rotatable bonds is 16. The molecule has 568 valence electrons. The van der Waals surface area contributed by atoms with Crippen LogP contribution in [0.4, 0.5) is 0 Å². The summed E-state index contributed by atoms with van der Waals surface area (Å²) in [4.78, 5) is 0. The minimum atomic E-state index is -4.63. The van der Waals surface area contributed by atoms with Gasteiger partial charge in [0.2, 0.25) is 0 Å². The first-order valence-corrected chi connectivity index (χ1v) is 47.0. The van der Waals surface area contributed by atoms with Gasteiger partial charge in [-0.2, -0.15) is 0 Å². The van der Waals surface area contributed by atoms with Gasteiger partial charge in [0.25, 0.3) is 0 Å². The van der Waals surface area contributed by atoms with Crippen LogP contribution in [0, 0.1) is 0 Å². The second-order valence-electron chi connectivity index (χ2n) is 45.9. The van der Waals surface area contributed by atoms with Gasteiger partial charge in [-0.05, 0) is 0 Å². The van der Waals surface area contributed by atoms with Gasteiger partial charge in [0, 0.05) is 0 Å². The second-order valence-corrected chi connectivity index (χ2v) is 50.5. The van der Waals surface area contributed by atoms with Crippen molar-refractivity contribution in [2.75, 3.05) is 0 Å². The SMILES string of the molecule is CCCCCCCCC12c3cc4c(cc3[C]([Ge](=[O])[C]35c6cc7c(cc6C(CCCCCCCC)(c6cc8c(cc63)C(C)(C)CCC8(C)C)c3cc6c(cc35)C(C)(C)CCC6(C)C)C(C)(C)CCC7(C)C)(c3cc5c(cc31)C(C)(C)CCC5(C)C)c1cc3c(cc12)C(C)(C)CCC3(C)C)C(C)(C)CCC4(C)C. The van der Waals surface area contributed by atoms with Gasteiger partial charge in [0.15, 0.2) is 0 Å². The van der Waals surface area contributed by atoms with Gasteiger partial charge < -0.3 is 0 Å². The van der Waals surface area contributed by atoms with Crippen molar-refractivity contribution in [2.45, 2.75) is 431 Å². The Bertz CT molecular complexity index is 3950. The first kappa shape index (κ1) is 75.7. The summed E-state index contributed by atoms with van der Waals surface area (Å²) in [5.74, 6) is 0. The standard InChI is InChI=1S/C104H142GeO/c1-27-29-31-33-35-37-39-101-77-53-65-71(95(15,16)47-41-89(65,3)4)59-83(77)103(84-60-72-66(54-78(84)101)90(5,6)42-48-96(72,17)18,85-61-73-67(55-79(85)101)91(7,8)43-49-97(73,19)20)105(106)104-86-62-74-68(92(9,10)44-50-98(74,21)22)56-80(86)102(40-38-36-34-32-30-28-2,81-57-69-75(63-87(81)104)99(23,24)51-45-93(69,11)12)82-58-70-76(64-88(82)104)100(25,26)52-46-94(70,13)14/h53-64H,27-52H2,1-26H3. The Morgan fingerprint density at radius 3 is 0.481 bits per heavy atom. The molecule has 106 heavy (non-hydrogen) atoms. The predicted molar refractivity (Wildman–Crippen MR) is 452 cm³/mol. The number of unbranched alkanes of at least 4 members (excludes halogenated alkanes) is 10. The Morgan fingerprint density at radius 1 is 0.198 bits per heavy atom. The zero-order chi connectivity index (χ0) is 76.3. The van der Waals surface area contributed by atoms with Crippen LogP contribution in [0.3, 0.4) is 0 Å². The molecule has 6 aromatic carbocycles. The van der Waals surface area contributed by atoms with E-state index in [0.29, 0.717) is 0 Å². The summed E-state index contributed by atoms with van der Waals surface area (Å²) in [5.41, 5.74) is 34.6. The number of hydrogen-bond acceptors (Lipinski definition) is 1. The van der Waals surface area contributed by atoms with Crippen molar-refractivity contribution in [1.29, 1.82) is 0 Å². The van der Waals surface area contributed by atoms with Gasteiger partial charge in [0.1, 0.15) is 0 Å². The Balaban J connectivity index is 1.18. The fourth-order valence-electron chi connectivity index (χ4n) is 25.6. The first-order chi connectivity index (χ1) is 49.2. The summed E-state index contributed by atoms with van der Waals surface area (Å²) >= 11 is -4.63. The molecule has 1 nitrogen and oxygen atoms in total. The third-order valence-corrected chi connectivity index (χ3v) is 39.9. The minimum absolute atomic E-state index is 0.0440. The molecular weight excluding hydrogens is 1340 g/mol. The zero-order valence-electron chi connectivity index (χ0n) is 72.2. The van der Waals surface area contributed by atoms with Gasteiger partial charge in [0.05, 0.1) is 0 Å². The molecule has 12 aliphatic rings. The molecule has 0 spiro atoms. The topological polar surface area (TPSA) is 17.1 Å². The van der Waals surface area contributed by atoms with Crippen LogP contribution < -0.4 is 0 Å². The van der Waals surface area contributed by atoms with Gasteiger partial charge in [-0.25, -0.2) is 0 Å². The van der Waals surface area contributed by atoms with Crippen molar-refractivity contribution < 1.29 is 3.78 Å². The number of fused-ring (bicyclic) bond motifs is 6. The molecule has 0 radical (unpaired) electrons. The molecule has 0 heterocycles. The monoisotopic (exact) mass is 1480 g/mol. The summed E-state index contributed by atoms with van der Waals surface area (Å²) < 4.78 is 19.8. The van der Waals surface area contributed by atoms with Crippen molar-refractivity contribution in [3.05, 3.63) is 206 Å². The molecule has 0 saturated carbocycles. The number of benzene rings is 6. The molecule has 0 saturated heterocycles. The van der Waals surface area contributed by atoms with Gasteiger partial charge >= 0.3 is 656 Å². The maximum absolute atomic E-state index is 21.8. The van der Waals surface area contributed by atoms with Gasteiger partial charge in [-0.3, -0.25) is 0 Å². The molecule has 12 aliphatic carbocycles. The van der Waals surface area contributed by atoms with E-state index in [0.717, 1.165) is 103 Å². The molecule has 6 aromatic rings. The van der Waals surface area contributed by atoms with Crippen LogP contribution in [0.15, 0.2) is 72.8 Å². The van der Waals surface area contributed by atoms with Crippen LogP contribution in [0.5, 0.6) is 0 Å². The average Bonchev–Trinajstić information content (AvgIpc) is 0.627. The van der Waals surface area contributed by atoms with Crippen molar-refractivity contribution in [1.82, 2.24) is 0 Å². The van der Waals surface area contributed by atoms with E-state index in [-0.39, 0.29) is 65.0 Å². The van der Waals surface area contributed by atoms with Gasteiger partial charge in [-0.1, -0.05) is 0 Å². The Labute approximate surface area is 651 Å². The van der Waals surface area contributed by atoms with Crippen molar-refractivity contribution in [3.8, 4) is 0 Å². The molecule has 0 aromatic heterocycles. The van der Waals surface area contributed by atoms with Gasteiger partial charge in [-0.15, -0.1) is 0 Å². The average molecular weight is 1480 g/mol. The normalized spacial score (nSPS) is 28.3. The van der Waals surface area contributed by atoms with Crippen molar-refractivity contribution in [3.63, 3.8) is 0 Å². The molecule has 18 rings (SSSR count). The molecule has 0 amide bonds. The van der Waals surface area contributed by atoms with E-state index in [9.17, 15) is 0 Å². The van der Waals surface area contributed by atoms with E-state index < -0.39 is 33.6 Å². The van der Waals surface area contributed by atoms with Crippen LogP contribution in [0.1, 0.15) is 480 Å². The van der Waals surface area contributed by atoms with Crippen LogP contribution in [0.2, 0.25) is 0 Å². The molecule has 2 heteroatoms. The Morgan fingerprint density at radius 2 is 0.330 bits per heavy atom. The molecule has 0 atom stereocenters. The summed E-state index contributed by atoms with van der Waals surface area (Å²) in [6.07, 6.45) is 30.8. The van der Waals surface area contributed by atoms with Crippen LogP contribution in [0.25, 0.3) is 0 Å². The summed E-state index contributed by atoms with van der Waals surface area (Å²) in [7, 11) is 0. The maximum atomic E-state index is 21.8. The van der Waals surface area contributed by atoms with E-state index in [1.165, 1.54) is 164 Å². The second kappa shape index (κ2) is 23.9. The first-order valence-electron chi connectivity index (χ1n) is 44.0. The summed E-state index contributed by atoms with van der Waals surface area (Å²) in [5, 5.41) is 0. The Kier molecular flexibility index (Phi) is 17.0. The third-order valence-electron chi connectivity index (χ3n) is 33.6. The van der Waals surface area contributed by atoms with E-state index in [1.54, 1.807) is 33.4 Å². The van der Waals surface area contributed by atoms with E-state index in [1.807, 2.05) is 0 Å². The molecule has 0 unspecified atom stereocenters. The van der Waals surface area contributed by atoms with E-state index in [2.05, 4.69) is 253 Å². The predicted octanol–water partition coefficient (Wildman–Crippen LogP) is 28.1. The Hall–Kier alpha value is -4.34. The van der Waals surface area contributed by atoms with Crippen LogP contribution in [-0.4, -0.2) is 14.3 Å². The fraction of sp³-hybridized carbons (Fsp3) is 0.654. The molecule has 0 N–H and O–H groups in total.